The number of rotatable bonds is 3. The Kier molecular flexibility index (Phi) is 4.09. The van der Waals surface area contributed by atoms with E-state index in [1.165, 1.54) is 0 Å². The molecule has 1 rings (SSSR count). The second-order valence-electron chi connectivity index (χ2n) is 2.48. The van der Waals surface area contributed by atoms with Crippen LogP contribution in [0.15, 0.2) is 4.47 Å². The summed E-state index contributed by atoms with van der Waals surface area (Å²) in [5, 5.41) is 0.443. The molecule has 0 radical (unpaired) electrons. The van der Waals surface area contributed by atoms with Crippen LogP contribution in [0, 0.1) is 0 Å². The van der Waals surface area contributed by atoms with Crippen LogP contribution in [0.25, 0.3) is 0 Å². The predicted molar refractivity (Wildman–Crippen MR) is 54.8 cm³/mol. The molecule has 0 aliphatic rings. The van der Waals surface area contributed by atoms with Gasteiger partial charge in [0.05, 0.1) is 16.8 Å². The number of hydrogen-bond donors (Lipinski definition) is 0. The molecule has 5 heteroatoms. The maximum Gasteiger partial charge on any atom is 0.147 e. The molecule has 0 spiro atoms. The van der Waals surface area contributed by atoms with Gasteiger partial charge in [-0.05, 0) is 15.9 Å². The van der Waals surface area contributed by atoms with Crippen LogP contribution in [0.4, 0.5) is 0 Å². The van der Waals surface area contributed by atoms with Gasteiger partial charge in [0.25, 0.3) is 0 Å². The molecule has 0 saturated heterocycles. The van der Waals surface area contributed by atoms with Crippen molar-refractivity contribution in [3.63, 3.8) is 0 Å². The molecule has 0 atom stereocenters. The van der Waals surface area contributed by atoms with E-state index in [2.05, 4.69) is 25.9 Å². The molecule has 1 aromatic heterocycles. The highest BCUT2D eigenvalue weighted by Crippen LogP contribution is 2.23. The Hall–Kier alpha value is -0.190. The average molecular weight is 266 g/mol. The maximum atomic E-state index is 5.88. The average Bonchev–Trinajstić information content (AvgIpc) is 2.13. The summed E-state index contributed by atoms with van der Waals surface area (Å²) in [6.45, 7) is 2.42. The van der Waals surface area contributed by atoms with E-state index in [4.69, 9.17) is 16.3 Å². The lowest BCUT2D eigenvalue weighted by atomic mass is 10.4. The van der Waals surface area contributed by atoms with Crippen molar-refractivity contribution in [1.29, 1.82) is 0 Å². The van der Waals surface area contributed by atoms with Gasteiger partial charge in [0.2, 0.25) is 0 Å². The fourth-order valence-electron chi connectivity index (χ4n) is 0.902. The zero-order valence-corrected chi connectivity index (χ0v) is 9.81. The van der Waals surface area contributed by atoms with Gasteiger partial charge in [-0.3, -0.25) is 0 Å². The lowest BCUT2D eigenvalue weighted by Crippen LogP contribution is -2.01. The van der Waals surface area contributed by atoms with Crippen molar-refractivity contribution in [2.75, 3.05) is 7.11 Å². The summed E-state index contributed by atoms with van der Waals surface area (Å²) in [5.74, 6) is 0.736. The van der Waals surface area contributed by atoms with Crippen molar-refractivity contribution < 1.29 is 4.74 Å². The molecule has 0 bridgehead atoms. The molecular weight excluding hydrogens is 255 g/mol. The zero-order chi connectivity index (χ0) is 9.84. The van der Waals surface area contributed by atoms with Crippen LogP contribution in [0.5, 0.6) is 0 Å². The summed E-state index contributed by atoms with van der Waals surface area (Å²) in [7, 11) is 1.62. The zero-order valence-electron chi connectivity index (χ0n) is 7.47. The van der Waals surface area contributed by atoms with Gasteiger partial charge < -0.3 is 4.74 Å². The minimum Gasteiger partial charge on any atom is -0.378 e. The molecule has 1 aromatic rings. The molecular formula is C8H10BrClN2O. The van der Waals surface area contributed by atoms with Gasteiger partial charge in [0.15, 0.2) is 0 Å². The molecule has 0 unspecified atom stereocenters. The Morgan fingerprint density at radius 1 is 1.46 bits per heavy atom. The molecule has 1 heterocycles. The lowest BCUT2D eigenvalue weighted by molar-refractivity contribution is 0.180. The van der Waals surface area contributed by atoms with Crippen molar-refractivity contribution in [1.82, 2.24) is 9.97 Å². The van der Waals surface area contributed by atoms with Crippen LogP contribution in [0.3, 0.4) is 0 Å². The van der Waals surface area contributed by atoms with Gasteiger partial charge in [-0.15, -0.1) is 0 Å². The molecule has 72 valence electrons. The molecule has 0 fully saturated rings. The summed E-state index contributed by atoms with van der Waals surface area (Å²) < 4.78 is 5.70. The smallest absolute Gasteiger partial charge is 0.147 e. The number of halogens is 2. The van der Waals surface area contributed by atoms with Crippen molar-refractivity contribution in [3.05, 3.63) is 21.1 Å². The van der Waals surface area contributed by atoms with Gasteiger partial charge in [-0.25, -0.2) is 9.97 Å². The predicted octanol–water partition coefficient (Wildman–Crippen LogP) is 2.60. The summed E-state index contributed by atoms with van der Waals surface area (Å²) >= 11 is 9.19. The highest BCUT2D eigenvalue weighted by atomic mass is 79.9. The first-order chi connectivity index (χ1) is 6.19. The van der Waals surface area contributed by atoms with Crippen LogP contribution >= 0.6 is 27.5 Å². The standard InChI is InChI=1S/C8H10BrClN2O/c1-3-6-11-5(4-13-2)7(9)8(10)12-6/h3-4H2,1-2H3. The van der Waals surface area contributed by atoms with E-state index >= 15 is 0 Å². The first-order valence-electron chi connectivity index (χ1n) is 3.88. The number of nitrogens with zero attached hydrogens (tertiary/aromatic N) is 2. The van der Waals surface area contributed by atoms with E-state index in [0.29, 0.717) is 16.2 Å². The Morgan fingerprint density at radius 3 is 2.69 bits per heavy atom. The van der Waals surface area contributed by atoms with Gasteiger partial charge >= 0.3 is 0 Å². The highest BCUT2D eigenvalue weighted by molar-refractivity contribution is 9.10. The SMILES string of the molecule is CCc1nc(Cl)c(Br)c(COC)n1. The molecule has 0 aromatic carbocycles. The van der Waals surface area contributed by atoms with Crippen molar-refractivity contribution in [3.8, 4) is 0 Å². The largest absolute Gasteiger partial charge is 0.378 e. The number of methoxy groups -OCH3 is 1. The monoisotopic (exact) mass is 264 g/mol. The first kappa shape index (κ1) is 10.9. The van der Waals surface area contributed by atoms with Crippen LogP contribution in [-0.4, -0.2) is 17.1 Å². The normalized spacial score (nSPS) is 10.5. The molecule has 3 nitrogen and oxygen atoms in total. The third-order valence-corrected chi connectivity index (χ3v) is 2.86. The van der Waals surface area contributed by atoms with E-state index in [-0.39, 0.29) is 0 Å². The Balaban J connectivity index is 3.09. The van der Waals surface area contributed by atoms with Gasteiger partial charge in [0.1, 0.15) is 11.0 Å². The number of aryl methyl sites for hydroxylation is 1. The molecule has 0 aliphatic carbocycles. The minimum atomic E-state index is 0.440. The topological polar surface area (TPSA) is 35.0 Å². The van der Waals surface area contributed by atoms with Gasteiger partial charge in [-0.1, -0.05) is 18.5 Å². The Morgan fingerprint density at radius 2 is 2.15 bits per heavy atom. The van der Waals surface area contributed by atoms with E-state index in [1.807, 2.05) is 6.92 Å². The first-order valence-corrected chi connectivity index (χ1v) is 5.05. The molecule has 0 N–H and O–H groups in total. The number of hydrogen-bond acceptors (Lipinski definition) is 3. The maximum absolute atomic E-state index is 5.88. The van der Waals surface area contributed by atoms with Gasteiger partial charge in [0, 0.05) is 13.5 Å². The van der Waals surface area contributed by atoms with Crippen LogP contribution in [0.1, 0.15) is 18.4 Å². The molecule has 0 aliphatic heterocycles. The second-order valence-corrected chi connectivity index (χ2v) is 3.63. The summed E-state index contributed by atoms with van der Waals surface area (Å²) in [5.41, 5.74) is 0.791. The van der Waals surface area contributed by atoms with Crippen molar-refractivity contribution in [2.24, 2.45) is 0 Å². The van der Waals surface area contributed by atoms with Gasteiger partial charge in [-0.2, -0.15) is 0 Å². The van der Waals surface area contributed by atoms with E-state index in [0.717, 1.165) is 17.9 Å². The second kappa shape index (κ2) is 4.88. The fraction of sp³-hybridized carbons (Fsp3) is 0.500. The van der Waals surface area contributed by atoms with E-state index < -0.39 is 0 Å². The molecule has 0 saturated carbocycles. The van der Waals surface area contributed by atoms with E-state index in [9.17, 15) is 0 Å². The summed E-state index contributed by atoms with van der Waals surface area (Å²) in [4.78, 5) is 8.36. The number of aromatic nitrogens is 2. The van der Waals surface area contributed by atoms with E-state index in [1.54, 1.807) is 7.11 Å². The Bertz CT molecular complexity index is 306. The molecule has 13 heavy (non-hydrogen) atoms. The van der Waals surface area contributed by atoms with Crippen molar-refractivity contribution >= 4 is 27.5 Å². The van der Waals surface area contributed by atoms with Crippen molar-refractivity contribution in [2.45, 2.75) is 20.0 Å². The highest BCUT2D eigenvalue weighted by Gasteiger charge is 2.09. The minimum absolute atomic E-state index is 0.440. The summed E-state index contributed by atoms with van der Waals surface area (Å²) in [6.07, 6.45) is 0.768. The van der Waals surface area contributed by atoms with Crippen LogP contribution in [0.2, 0.25) is 5.15 Å². The lowest BCUT2D eigenvalue weighted by Gasteiger charge is -2.05. The quantitative estimate of drug-likeness (QED) is 0.788. The summed E-state index contributed by atoms with van der Waals surface area (Å²) in [6, 6.07) is 0. The third-order valence-electron chi connectivity index (χ3n) is 1.52. The number of ether oxygens (including phenoxy) is 1. The molecule has 0 amide bonds. The fourth-order valence-corrected chi connectivity index (χ4v) is 1.40. The Labute approximate surface area is 90.6 Å². The third kappa shape index (κ3) is 2.62. The van der Waals surface area contributed by atoms with Crippen LogP contribution < -0.4 is 0 Å². The van der Waals surface area contributed by atoms with Crippen LogP contribution in [-0.2, 0) is 17.8 Å².